The number of para-hydroxylation sites is 1. The first-order valence-corrected chi connectivity index (χ1v) is 9.88. The summed E-state index contributed by atoms with van der Waals surface area (Å²) in [7, 11) is 0. The molecule has 3 aromatic carbocycles. The average Bonchev–Trinajstić information content (AvgIpc) is 2.70. The summed E-state index contributed by atoms with van der Waals surface area (Å²) in [6.07, 6.45) is -0.437. The van der Waals surface area contributed by atoms with Crippen LogP contribution in [-0.4, -0.2) is 5.91 Å². The Morgan fingerprint density at radius 1 is 1.00 bits per heavy atom. The molecule has 29 heavy (non-hydrogen) atoms. The zero-order valence-corrected chi connectivity index (χ0v) is 17.3. The lowest BCUT2D eigenvalue weighted by molar-refractivity contribution is 0.0975. The fraction of sp³-hybridized carbons (Fsp3) is 0.208. The Kier molecular flexibility index (Phi) is 4.83. The first-order chi connectivity index (χ1) is 13.8. The van der Waals surface area contributed by atoms with Crippen LogP contribution in [0.1, 0.15) is 48.4 Å². The van der Waals surface area contributed by atoms with Gasteiger partial charge in [-0.1, -0.05) is 68.8 Å². The predicted molar refractivity (Wildman–Crippen MR) is 116 cm³/mol. The molecule has 1 aliphatic heterocycles. The van der Waals surface area contributed by atoms with Gasteiger partial charge in [0, 0.05) is 11.4 Å². The van der Waals surface area contributed by atoms with E-state index in [9.17, 15) is 9.18 Å². The van der Waals surface area contributed by atoms with Gasteiger partial charge in [0.25, 0.3) is 5.91 Å². The van der Waals surface area contributed by atoms with Gasteiger partial charge < -0.3 is 5.32 Å². The maximum absolute atomic E-state index is 13.7. The number of fused-ring (bicyclic) bond motifs is 1. The summed E-state index contributed by atoms with van der Waals surface area (Å²) in [5, 5.41) is 3.44. The van der Waals surface area contributed by atoms with Crippen LogP contribution in [0.2, 0.25) is 5.02 Å². The molecule has 3 aromatic rings. The van der Waals surface area contributed by atoms with E-state index in [0.29, 0.717) is 11.3 Å². The van der Waals surface area contributed by atoms with E-state index in [1.54, 1.807) is 17.0 Å². The zero-order chi connectivity index (χ0) is 20.8. The monoisotopic (exact) mass is 408 g/mol. The Morgan fingerprint density at radius 3 is 2.34 bits per heavy atom. The van der Waals surface area contributed by atoms with Gasteiger partial charge in [-0.25, -0.2) is 4.39 Å². The molecule has 0 spiro atoms. The lowest BCUT2D eigenvalue weighted by Crippen LogP contribution is -2.43. The van der Waals surface area contributed by atoms with Crippen LogP contribution >= 0.6 is 11.6 Å². The molecule has 0 saturated carbocycles. The fourth-order valence-corrected chi connectivity index (χ4v) is 3.73. The van der Waals surface area contributed by atoms with E-state index >= 15 is 0 Å². The predicted octanol–water partition coefficient (Wildman–Crippen LogP) is 6.55. The Morgan fingerprint density at radius 2 is 1.69 bits per heavy atom. The first kappa shape index (κ1) is 19.5. The van der Waals surface area contributed by atoms with Crippen LogP contribution in [-0.2, 0) is 5.41 Å². The summed E-state index contributed by atoms with van der Waals surface area (Å²) in [6.45, 7) is 6.48. The summed E-state index contributed by atoms with van der Waals surface area (Å²) >= 11 is 6.01. The molecule has 0 aromatic heterocycles. The Hall–Kier alpha value is -2.85. The van der Waals surface area contributed by atoms with Gasteiger partial charge in [-0.2, -0.15) is 0 Å². The maximum atomic E-state index is 13.7. The van der Waals surface area contributed by atoms with E-state index in [2.05, 4.69) is 38.2 Å². The number of nitrogens with one attached hydrogen (secondary N) is 1. The van der Waals surface area contributed by atoms with Crippen molar-refractivity contribution in [1.82, 2.24) is 0 Å². The summed E-state index contributed by atoms with van der Waals surface area (Å²) in [6, 6.07) is 19.9. The lowest BCUT2D eigenvalue weighted by atomic mass is 9.86. The molecule has 0 bridgehead atoms. The van der Waals surface area contributed by atoms with Crippen LogP contribution in [0.25, 0.3) is 0 Å². The van der Waals surface area contributed by atoms with Gasteiger partial charge in [-0.05, 0) is 46.9 Å². The molecule has 3 nitrogen and oxygen atoms in total. The minimum absolute atomic E-state index is 0.0176. The van der Waals surface area contributed by atoms with Crippen LogP contribution in [0.5, 0.6) is 0 Å². The molecule has 1 heterocycles. The normalized spacial score (nSPS) is 16.4. The van der Waals surface area contributed by atoms with Gasteiger partial charge in [-0.3, -0.25) is 9.69 Å². The molecule has 0 unspecified atom stereocenters. The third-order valence-corrected chi connectivity index (χ3v) is 5.49. The second-order valence-corrected chi connectivity index (χ2v) is 8.65. The summed E-state index contributed by atoms with van der Waals surface area (Å²) < 4.78 is 13.7. The minimum atomic E-state index is -0.515. The Balaban J connectivity index is 1.82. The minimum Gasteiger partial charge on any atom is -0.360 e. The highest BCUT2D eigenvalue weighted by atomic mass is 35.5. The molecule has 0 aliphatic carbocycles. The van der Waals surface area contributed by atoms with E-state index in [1.165, 1.54) is 17.7 Å². The van der Waals surface area contributed by atoms with E-state index < -0.39 is 12.0 Å². The molecular formula is C24H22ClFN2O. The number of hydrogen-bond acceptors (Lipinski definition) is 2. The molecule has 1 aliphatic rings. The van der Waals surface area contributed by atoms with Gasteiger partial charge >= 0.3 is 0 Å². The molecule has 4 rings (SSSR count). The maximum Gasteiger partial charge on any atom is 0.262 e. The number of nitrogens with zero attached hydrogens (tertiary/aromatic N) is 1. The highest BCUT2D eigenvalue weighted by Crippen LogP contribution is 2.38. The van der Waals surface area contributed by atoms with Crippen molar-refractivity contribution in [3.8, 4) is 0 Å². The smallest absolute Gasteiger partial charge is 0.262 e. The molecule has 0 radical (unpaired) electrons. The topological polar surface area (TPSA) is 32.3 Å². The van der Waals surface area contributed by atoms with E-state index in [4.69, 9.17) is 11.6 Å². The lowest BCUT2D eigenvalue weighted by Gasteiger charge is -2.38. The zero-order valence-electron chi connectivity index (χ0n) is 16.5. The highest BCUT2D eigenvalue weighted by Gasteiger charge is 2.34. The van der Waals surface area contributed by atoms with Crippen LogP contribution in [0, 0.1) is 5.82 Å². The molecule has 1 atom stereocenters. The van der Waals surface area contributed by atoms with Crippen molar-refractivity contribution in [3.05, 3.63) is 94.3 Å². The third kappa shape index (κ3) is 3.60. The number of hydrogen-bond donors (Lipinski definition) is 1. The van der Waals surface area contributed by atoms with Crippen molar-refractivity contribution in [1.29, 1.82) is 0 Å². The number of rotatable bonds is 2. The number of carbonyl (C=O) groups is 1. The van der Waals surface area contributed by atoms with Gasteiger partial charge in [0.05, 0.1) is 10.6 Å². The molecule has 0 saturated heterocycles. The molecule has 5 heteroatoms. The molecular weight excluding hydrogens is 387 g/mol. The highest BCUT2D eigenvalue weighted by molar-refractivity contribution is 6.31. The van der Waals surface area contributed by atoms with Gasteiger partial charge in [0.2, 0.25) is 0 Å². The molecule has 1 N–H and O–H groups in total. The van der Waals surface area contributed by atoms with E-state index in [-0.39, 0.29) is 16.3 Å². The van der Waals surface area contributed by atoms with Crippen LogP contribution < -0.4 is 10.2 Å². The summed E-state index contributed by atoms with van der Waals surface area (Å²) in [5.74, 6) is -0.675. The third-order valence-electron chi connectivity index (χ3n) is 5.20. The van der Waals surface area contributed by atoms with Gasteiger partial charge in [0.1, 0.15) is 12.0 Å². The summed E-state index contributed by atoms with van der Waals surface area (Å²) in [5.41, 5.74) is 4.04. The molecule has 1 amide bonds. The fourth-order valence-electron chi connectivity index (χ4n) is 3.55. The van der Waals surface area contributed by atoms with Crippen LogP contribution in [0.4, 0.5) is 15.8 Å². The van der Waals surface area contributed by atoms with Crippen molar-refractivity contribution < 1.29 is 9.18 Å². The molecule has 148 valence electrons. The van der Waals surface area contributed by atoms with E-state index in [1.807, 2.05) is 30.3 Å². The van der Waals surface area contributed by atoms with Crippen molar-refractivity contribution in [3.63, 3.8) is 0 Å². The average molecular weight is 409 g/mol. The Bertz CT molecular complexity index is 1070. The Labute approximate surface area is 175 Å². The SMILES string of the molecule is CC(C)(C)c1ccc([C@@H]2Nc3ccccc3C(=O)N2c2ccc(F)c(Cl)c2)cc1. The number of halogens is 2. The number of amides is 1. The first-order valence-electron chi connectivity index (χ1n) is 9.50. The van der Waals surface area contributed by atoms with Gasteiger partial charge in [-0.15, -0.1) is 0 Å². The molecule has 0 fully saturated rings. The number of anilines is 2. The quantitative estimate of drug-likeness (QED) is 0.521. The van der Waals surface area contributed by atoms with Crippen molar-refractivity contribution >= 4 is 28.9 Å². The largest absolute Gasteiger partial charge is 0.360 e. The second kappa shape index (κ2) is 7.20. The summed E-state index contributed by atoms with van der Waals surface area (Å²) in [4.78, 5) is 15.0. The second-order valence-electron chi connectivity index (χ2n) is 8.24. The number of carbonyl (C=O) groups excluding carboxylic acids is 1. The van der Waals surface area contributed by atoms with Crippen LogP contribution in [0.3, 0.4) is 0 Å². The van der Waals surface area contributed by atoms with Crippen molar-refractivity contribution in [2.75, 3.05) is 10.2 Å². The van der Waals surface area contributed by atoms with Crippen molar-refractivity contribution in [2.45, 2.75) is 32.4 Å². The van der Waals surface area contributed by atoms with Crippen molar-refractivity contribution in [2.24, 2.45) is 0 Å². The standard InChI is InChI=1S/C24H22ClFN2O/c1-24(2,3)16-10-8-15(9-11-16)22-27-21-7-5-4-6-18(21)23(29)28(22)17-12-13-20(26)19(25)14-17/h4-14,22,27H,1-3H3/t22-/m1/s1. The number of benzene rings is 3. The van der Waals surface area contributed by atoms with Crippen LogP contribution in [0.15, 0.2) is 66.7 Å². The van der Waals surface area contributed by atoms with Gasteiger partial charge in [0.15, 0.2) is 0 Å². The van der Waals surface area contributed by atoms with E-state index in [0.717, 1.165) is 11.3 Å².